The van der Waals surface area contributed by atoms with Gasteiger partial charge in [0.15, 0.2) is 0 Å². The van der Waals surface area contributed by atoms with Crippen LogP contribution in [0, 0.1) is 5.92 Å². The molecule has 0 spiro atoms. The third kappa shape index (κ3) is 2.23. The topological polar surface area (TPSA) is 21.9 Å². The summed E-state index contributed by atoms with van der Waals surface area (Å²) < 4.78 is 0. The van der Waals surface area contributed by atoms with Gasteiger partial charge in [-0.15, -0.1) is 5.73 Å². The Labute approximate surface area is 74.5 Å². The van der Waals surface area contributed by atoms with Gasteiger partial charge in [-0.3, -0.25) is 0 Å². The first kappa shape index (κ1) is 8.10. The van der Waals surface area contributed by atoms with Crippen LogP contribution in [0.1, 0.15) is 32.1 Å². The van der Waals surface area contributed by atoms with E-state index >= 15 is 0 Å². The van der Waals surface area contributed by atoms with Crippen LogP contribution >= 0.6 is 0 Å². The Kier molecular flexibility index (Phi) is 2.65. The smallest absolute Gasteiger partial charge is 0.0221 e. The number of nitrogens with one attached hydrogen (secondary N) is 1. The number of hydrogen-bond donors (Lipinski definition) is 1. The molecule has 1 fully saturated rings. The van der Waals surface area contributed by atoms with Crippen molar-refractivity contribution in [2.24, 2.45) is 5.92 Å². The largest absolute Gasteiger partial charge is 0.311 e. The first-order chi connectivity index (χ1) is 5.97. The van der Waals surface area contributed by atoms with Crippen molar-refractivity contribution in [1.29, 1.82) is 0 Å². The van der Waals surface area contributed by atoms with E-state index in [-0.39, 0.29) is 0 Å². The second-order valence-electron chi connectivity index (χ2n) is 3.86. The van der Waals surface area contributed by atoms with Crippen molar-refractivity contribution in [2.45, 2.75) is 38.1 Å². The van der Waals surface area contributed by atoms with Gasteiger partial charge < -0.3 is 5.32 Å². The molecule has 2 atom stereocenters. The van der Waals surface area contributed by atoms with Crippen molar-refractivity contribution >= 4 is 0 Å². The molecule has 1 unspecified atom stereocenters. The van der Waals surface area contributed by atoms with Crippen molar-refractivity contribution in [3.63, 3.8) is 0 Å². The van der Waals surface area contributed by atoms with Crippen molar-refractivity contribution in [1.82, 2.24) is 5.32 Å². The van der Waals surface area contributed by atoms with Crippen molar-refractivity contribution in [3.8, 4) is 0 Å². The minimum Gasteiger partial charge on any atom is -0.311 e. The molecule has 0 aromatic heterocycles. The van der Waals surface area contributed by atoms with E-state index in [0.717, 1.165) is 12.0 Å². The van der Waals surface area contributed by atoms with Gasteiger partial charge in [0.2, 0.25) is 0 Å². The molecule has 1 N–H and O–H groups in total. The molecule has 1 saturated heterocycles. The molecule has 1 aliphatic heterocycles. The van der Waals surface area contributed by atoms with Crippen molar-refractivity contribution in [3.05, 3.63) is 17.9 Å². The average molecular weight is 163 g/mol. The first-order valence-corrected chi connectivity index (χ1v) is 5.09. The van der Waals surface area contributed by atoms with E-state index in [1.165, 1.54) is 38.6 Å². The van der Waals surface area contributed by atoms with Crippen LogP contribution in [0.5, 0.6) is 0 Å². The fourth-order valence-electron chi connectivity index (χ4n) is 1.98. The van der Waals surface area contributed by atoms with E-state index in [9.17, 15) is 0 Å². The van der Waals surface area contributed by atoms with Crippen LogP contribution in [0.4, 0.5) is 0 Å². The van der Waals surface area contributed by atoms with Gasteiger partial charge in [-0.25, -0.2) is 0 Å². The van der Waals surface area contributed by atoms with Crippen LogP contribution in [-0.4, -0.2) is 12.6 Å². The van der Waals surface area contributed by atoms with E-state index in [1.54, 1.807) is 0 Å². The molecule has 0 aromatic carbocycles. The van der Waals surface area contributed by atoms with E-state index < -0.39 is 0 Å². The summed E-state index contributed by atoms with van der Waals surface area (Å²) in [5.74, 6) is 0.939. The predicted octanol–water partition coefficient (Wildman–Crippen LogP) is 2.25. The highest BCUT2D eigenvalue weighted by Gasteiger charge is 2.29. The average Bonchev–Trinajstić information content (AvgIpc) is 2.87. The summed E-state index contributed by atoms with van der Waals surface area (Å²) in [6.45, 7) is 1.27. The summed E-state index contributed by atoms with van der Waals surface area (Å²) in [6, 6.07) is 0.858. The monoisotopic (exact) mass is 163 g/mol. The highest BCUT2D eigenvalue weighted by atomic mass is 15.1. The Balaban J connectivity index is 1.86. The maximum Gasteiger partial charge on any atom is 0.0221 e. The zero-order valence-corrected chi connectivity index (χ0v) is 7.55. The summed E-state index contributed by atoms with van der Waals surface area (Å²) in [4.78, 5) is 0. The lowest BCUT2D eigenvalue weighted by molar-refractivity contribution is 0.434. The van der Waals surface area contributed by atoms with Crippen molar-refractivity contribution < 1.29 is 0 Å². The Morgan fingerprint density at radius 3 is 2.83 bits per heavy atom. The van der Waals surface area contributed by atoms with Crippen molar-refractivity contribution in [2.75, 3.05) is 6.54 Å². The fraction of sp³-hybridized carbons (Fsp3) is 0.727. The number of hydrogen-bond acceptors (Lipinski definition) is 1. The molecular weight excluding hydrogens is 146 g/mol. The van der Waals surface area contributed by atoms with Crippen LogP contribution in [0.15, 0.2) is 17.9 Å². The van der Waals surface area contributed by atoms with Crippen LogP contribution in [0.2, 0.25) is 0 Å². The zero-order chi connectivity index (χ0) is 8.23. The van der Waals surface area contributed by atoms with Gasteiger partial charge in [0.05, 0.1) is 0 Å². The number of rotatable bonds is 1. The van der Waals surface area contributed by atoms with E-state index in [4.69, 9.17) is 0 Å². The Morgan fingerprint density at radius 2 is 2.00 bits per heavy atom. The lowest BCUT2D eigenvalue weighted by Gasteiger charge is -2.12. The zero-order valence-electron chi connectivity index (χ0n) is 7.55. The normalized spacial score (nSPS) is 35.3. The molecule has 0 bridgehead atoms. The molecule has 12 heavy (non-hydrogen) atoms. The minimum atomic E-state index is 0.858. The molecule has 1 nitrogen and oxygen atoms in total. The molecule has 0 radical (unpaired) electrons. The summed E-state index contributed by atoms with van der Waals surface area (Å²) in [7, 11) is 0. The molecular formula is C11H17N. The lowest BCUT2D eigenvalue weighted by Crippen LogP contribution is -2.10. The van der Waals surface area contributed by atoms with E-state index in [1.807, 2.05) is 0 Å². The molecule has 1 aliphatic carbocycles. The van der Waals surface area contributed by atoms with Crippen LogP contribution in [0.25, 0.3) is 0 Å². The summed E-state index contributed by atoms with van der Waals surface area (Å²) >= 11 is 0. The third-order valence-electron chi connectivity index (χ3n) is 2.85. The summed E-state index contributed by atoms with van der Waals surface area (Å²) in [5.41, 5.74) is 3.24. The van der Waals surface area contributed by atoms with Gasteiger partial charge in [0.25, 0.3) is 0 Å². The Hall–Kier alpha value is -0.520. The van der Waals surface area contributed by atoms with Gasteiger partial charge >= 0.3 is 0 Å². The summed E-state index contributed by atoms with van der Waals surface area (Å²) in [5, 5.41) is 3.43. The van der Waals surface area contributed by atoms with Gasteiger partial charge in [-0.1, -0.05) is 0 Å². The molecule has 1 heterocycles. The molecule has 0 aromatic rings. The standard InChI is InChI=1S/C11H17N/c1-2-4-6-8-10(7-5-3-1)11-9-12-11/h1,4,10-12H,3,5-9H2/t2?,10-,11?/m1/s1. The molecule has 2 rings (SSSR count). The van der Waals surface area contributed by atoms with Gasteiger partial charge in [0.1, 0.15) is 0 Å². The summed E-state index contributed by atoms with van der Waals surface area (Å²) in [6.07, 6.45) is 10.9. The second kappa shape index (κ2) is 3.93. The Morgan fingerprint density at radius 1 is 1.17 bits per heavy atom. The predicted molar refractivity (Wildman–Crippen MR) is 51.0 cm³/mol. The molecule has 1 heteroatoms. The molecule has 2 aliphatic rings. The molecule has 0 amide bonds. The van der Waals surface area contributed by atoms with E-state index in [2.05, 4.69) is 23.2 Å². The van der Waals surface area contributed by atoms with Crippen LogP contribution < -0.4 is 5.32 Å². The maximum absolute atomic E-state index is 3.43. The molecule has 0 saturated carbocycles. The Bertz CT molecular complexity index is 197. The van der Waals surface area contributed by atoms with E-state index in [0.29, 0.717) is 0 Å². The fourth-order valence-corrected chi connectivity index (χ4v) is 1.98. The maximum atomic E-state index is 3.43. The number of allylic oxidation sites excluding steroid dienone is 1. The minimum absolute atomic E-state index is 0.858. The quantitative estimate of drug-likeness (QED) is 0.465. The van der Waals surface area contributed by atoms with Gasteiger partial charge in [-0.2, -0.15) is 0 Å². The van der Waals surface area contributed by atoms with Crippen LogP contribution in [-0.2, 0) is 0 Å². The lowest BCUT2D eigenvalue weighted by atomic mass is 9.94. The second-order valence-corrected chi connectivity index (χ2v) is 3.86. The van der Waals surface area contributed by atoms with Gasteiger partial charge in [-0.05, 0) is 50.2 Å². The first-order valence-electron chi connectivity index (χ1n) is 5.09. The SMILES string of the molecule is C1=CCCC[C@@H](C2CN2)CCC=1. The van der Waals surface area contributed by atoms with Gasteiger partial charge in [0, 0.05) is 12.6 Å². The highest BCUT2D eigenvalue weighted by molar-refractivity contribution is 4.94. The molecule has 66 valence electrons. The third-order valence-corrected chi connectivity index (χ3v) is 2.85. The highest BCUT2D eigenvalue weighted by Crippen LogP contribution is 2.24. The van der Waals surface area contributed by atoms with Crippen LogP contribution in [0.3, 0.4) is 0 Å².